The molecule has 0 spiro atoms. The summed E-state index contributed by atoms with van der Waals surface area (Å²) in [6, 6.07) is 7.56. The van der Waals surface area contributed by atoms with Gasteiger partial charge in [0.15, 0.2) is 5.96 Å². The second-order valence-electron chi connectivity index (χ2n) is 6.80. The molecule has 160 valence electrons. The van der Waals surface area contributed by atoms with Crippen LogP contribution in [0.3, 0.4) is 0 Å². The van der Waals surface area contributed by atoms with Crippen molar-refractivity contribution in [1.29, 1.82) is 0 Å². The number of nitrogens with one attached hydrogen (secondary N) is 2. The van der Waals surface area contributed by atoms with Gasteiger partial charge in [-0.3, -0.25) is 4.79 Å². The maximum absolute atomic E-state index is 12.2. The lowest BCUT2D eigenvalue weighted by Crippen LogP contribution is -2.53. The van der Waals surface area contributed by atoms with Crippen LogP contribution in [0.1, 0.15) is 43.1 Å². The standard InChI is InChI=1S/C21H33N5O3/c1-4-10-23-19(27)18-9-7-8-17(15-18)16-24-20(22-5-2)25-11-13-26(14-12-25)21(28)29-6-3/h7-9,15H,4-6,10-14,16H2,1-3H3,(H,22,24)(H,23,27). The van der Waals surface area contributed by atoms with Gasteiger partial charge in [0.1, 0.15) is 0 Å². The van der Waals surface area contributed by atoms with Crippen LogP contribution in [0.2, 0.25) is 0 Å². The monoisotopic (exact) mass is 403 g/mol. The number of piperazine rings is 1. The molecule has 29 heavy (non-hydrogen) atoms. The van der Waals surface area contributed by atoms with Gasteiger partial charge in [-0.05, 0) is 38.0 Å². The Hall–Kier alpha value is -2.77. The molecule has 0 radical (unpaired) electrons. The fraction of sp³-hybridized carbons (Fsp3) is 0.571. The highest BCUT2D eigenvalue weighted by atomic mass is 16.6. The Labute approximate surface area is 173 Å². The van der Waals surface area contributed by atoms with E-state index in [0.29, 0.717) is 51.4 Å². The summed E-state index contributed by atoms with van der Waals surface area (Å²) in [6.45, 7) is 10.8. The van der Waals surface area contributed by atoms with Gasteiger partial charge >= 0.3 is 6.09 Å². The van der Waals surface area contributed by atoms with Crippen molar-refractivity contribution in [2.24, 2.45) is 4.99 Å². The molecule has 2 amide bonds. The Bertz CT molecular complexity index is 699. The average molecular weight is 404 g/mol. The summed E-state index contributed by atoms with van der Waals surface area (Å²) < 4.78 is 5.07. The second kappa shape index (κ2) is 11.9. The molecule has 0 aromatic heterocycles. The van der Waals surface area contributed by atoms with Crippen molar-refractivity contribution >= 4 is 18.0 Å². The van der Waals surface area contributed by atoms with Crippen LogP contribution in [0.4, 0.5) is 4.79 Å². The van der Waals surface area contributed by atoms with Crippen molar-refractivity contribution in [2.75, 3.05) is 45.9 Å². The summed E-state index contributed by atoms with van der Waals surface area (Å²) in [5.74, 6) is 0.761. The number of guanidine groups is 1. The number of hydrogen-bond donors (Lipinski definition) is 2. The molecule has 8 nitrogen and oxygen atoms in total. The molecule has 0 bridgehead atoms. The van der Waals surface area contributed by atoms with Crippen LogP contribution in [-0.4, -0.2) is 73.6 Å². The molecular formula is C21H33N5O3. The van der Waals surface area contributed by atoms with E-state index in [1.807, 2.05) is 45.0 Å². The number of rotatable bonds is 7. The number of aliphatic imine (C=N–C) groups is 1. The van der Waals surface area contributed by atoms with E-state index in [4.69, 9.17) is 9.73 Å². The average Bonchev–Trinajstić information content (AvgIpc) is 2.75. The third-order valence-corrected chi connectivity index (χ3v) is 4.58. The molecule has 1 saturated heterocycles. The number of carbonyl (C=O) groups is 2. The maximum Gasteiger partial charge on any atom is 0.409 e. The lowest BCUT2D eigenvalue weighted by Gasteiger charge is -2.35. The Morgan fingerprint density at radius 3 is 2.45 bits per heavy atom. The molecule has 0 atom stereocenters. The van der Waals surface area contributed by atoms with Gasteiger partial charge in [0, 0.05) is 44.8 Å². The summed E-state index contributed by atoms with van der Waals surface area (Å²) in [7, 11) is 0. The number of nitrogens with zero attached hydrogens (tertiary/aromatic N) is 3. The Morgan fingerprint density at radius 1 is 1.07 bits per heavy atom. The van der Waals surface area contributed by atoms with Crippen LogP contribution < -0.4 is 10.6 Å². The third-order valence-electron chi connectivity index (χ3n) is 4.58. The molecule has 0 aliphatic carbocycles. The van der Waals surface area contributed by atoms with Crippen LogP contribution in [-0.2, 0) is 11.3 Å². The van der Waals surface area contributed by atoms with Crippen LogP contribution in [0.5, 0.6) is 0 Å². The highest BCUT2D eigenvalue weighted by Gasteiger charge is 2.23. The smallest absolute Gasteiger partial charge is 0.409 e. The minimum absolute atomic E-state index is 0.0559. The zero-order chi connectivity index (χ0) is 21.1. The first kappa shape index (κ1) is 22.5. The van der Waals surface area contributed by atoms with E-state index in [9.17, 15) is 9.59 Å². The van der Waals surface area contributed by atoms with E-state index in [2.05, 4.69) is 15.5 Å². The SMILES string of the molecule is CCCNC(=O)c1cccc(CN=C(NCC)N2CCN(C(=O)OCC)CC2)c1. The summed E-state index contributed by atoms with van der Waals surface area (Å²) in [6.07, 6.45) is 0.651. The first-order chi connectivity index (χ1) is 14.1. The van der Waals surface area contributed by atoms with Crippen molar-refractivity contribution in [1.82, 2.24) is 20.4 Å². The van der Waals surface area contributed by atoms with Gasteiger partial charge in [-0.1, -0.05) is 19.1 Å². The lowest BCUT2D eigenvalue weighted by molar-refractivity contribution is 0.0913. The zero-order valence-electron chi connectivity index (χ0n) is 17.7. The number of carbonyl (C=O) groups excluding carboxylic acids is 2. The number of amides is 2. The Balaban J connectivity index is 1.99. The highest BCUT2D eigenvalue weighted by Crippen LogP contribution is 2.09. The molecule has 1 fully saturated rings. The van der Waals surface area contributed by atoms with E-state index >= 15 is 0 Å². The molecule has 2 rings (SSSR count). The molecule has 1 aliphatic rings. The molecule has 1 aromatic rings. The minimum atomic E-state index is -0.257. The van der Waals surface area contributed by atoms with Crippen molar-refractivity contribution in [3.63, 3.8) is 0 Å². The van der Waals surface area contributed by atoms with Gasteiger partial charge in [0.25, 0.3) is 5.91 Å². The predicted octanol–water partition coefficient (Wildman–Crippen LogP) is 2.07. The normalized spacial score (nSPS) is 14.5. The Morgan fingerprint density at radius 2 is 1.79 bits per heavy atom. The molecule has 2 N–H and O–H groups in total. The van der Waals surface area contributed by atoms with Gasteiger partial charge < -0.3 is 25.2 Å². The number of hydrogen-bond acceptors (Lipinski definition) is 4. The van der Waals surface area contributed by atoms with E-state index < -0.39 is 0 Å². The quantitative estimate of drug-likeness (QED) is 0.538. The molecule has 0 unspecified atom stereocenters. The fourth-order valence-corrected chi connectivity index (χ4v) is 3.06. The minimum Gasteiger partial charge on any atom is -0.450 e. The molecule has 0 saturated carbocycles. The molecule has 8 heteroatoms. The predicted molar refractivity (Wildman–Crippen MR) is 114 cm³/mol. The second-order valence-corrected chi connectivity index (χ2v) is 6.80. The highest BCUT2D eigenvalue weighted by molar-refractivity contribution is 5.94. The summed E-state index contributed by atoms with van der Waals surface area (Å²) in [4.78, 5) is 32.7. The van der Waals surface area contributed by atoms with E-state index in [0.717, 1.165) is 24.5 Å². The maximum atomic E-state index is 12.2. The van der Waals surface area contributed by atoms with E-state index in [-0.39, 0.29) is 12.0 Å². The third kappa shape index (κ3) is 6.96. The van der Waals surface area contributed by atoms with E-state index in [1.165, 1.54) is 0 Å². The lowest BCUT2D eigenvalue weighted by atomic mass is 10.1. The van der Waals surface area contributed by atoms with Crippen LogP contribution in [0.25, 0.3) is 0 Å². The van der Waals surface area contributed by atoms with Crippen molar-refractivity contribution in [3.8, 4) is 0 Å². The van der Waals surface area contributed by atoms with Gasteiger partial charge in [0.05, 0.1) is 13.2 Å². The number of ether oxygens (including phenoxy) is 1. The van der Waals surface area contributed by atoms with Crippen molar-refractivity contribution < 1.29 is 14.3 Å². The van der Waals surface area contributed by atoms with Crippen LogP contribution in [0.15, 0.2) is 29.3 Å². The molecule has 1 aromatic carbocycles. The first-order valence-electron chi connectivity index (χ1n) is 10.4. The topological polar surface area (TPSA) is 86.3 Å². The van der Waals surface area contributed by atoms with Crippen molar-refractivity contribution in [3.05, 3.63) is 35.4 Å². The van der Waals surface area contributed by atoms with Crippen LogP contribution >= 0.6 is 0 Å². The van der Waals surface area contributed by atoms with Gasteiger partial charge in [-0.2, -0.15) is 0 Å². The summed E-state index contributed by atoms with van der Waals surface area (Å²) >= 11 is 0. The largest absolute Gasteiger partial charge is 0.450 e. The van der Waals surface area contributed by atoms with Crippen molar-refractivity contribution in [2.45, 2.75) is 33.7 Å². The summed E-state index contributed by atoms with van der Waals surface area (Å²) in [5, 5.41) is 6.22. The van der Waals surface area contributed by atoms with Gasteiger partial charge in [-0.15, -0.1) is 0 Å². The number of benzene rings is 1. The molecule has 1 heterocycles. The van der Waals surface area contributed by atoms with Gasteiger partial charge in [0.2, 0.25) is 0 Å². The molecule has 1 aliphatic heterocycles. The van der Waals surface area contributed by atoms with E-state index in [1.54, 1.807) is 4.90 Å². The Kier molecular flexibility index (Phi) is 9.27. The van der Waals surface area contributed by atoms with Crippen LogP contribution in [0, 0.1) is 0 Å². The first-order valence-corrected chi connectivity index (χ1v) is 10.4. The summed E-state index contributed by atoms with van der Waals surface area (Å²) in [5.41, 5.74) is 1.63. The molecular weight excluding hydrogens is 370 g/mol. The fourth-order valence-electron chi connectivity index (χ4n) is 3.06. The zero-order valence-corrected chi connectivity index (χ0v) is 17.7. The van der Waals surface area contributed by atoms with Gasteiger partial charge in [-0.25, -0.2) is 9.79 Å².